The zero-order chi connectivity index (χ0) is 26.7. The number of hydrogen-bond acceptors (Lipinski definition) is 7. The van der Waals surface area contributed by atoms with Gasteiger partial charge in [-0.25, -0.2) is 4.79 Å². The second kappa shape index (κ2) is 15.1. The summed E-state index contributed by atoms with van der Waals surface area (Å²) in [6.45, 7) is 1.28. The molecule has 0 fully saturated rings. The molecule has 2 rings (SSSR count). The van der Waals surface area contributed by atoms with Gasteiger partial charge in [0.25, 0.3) is 5.91 Å². The van der Waals surface area contributed by atoms with Gasteiger partial charge in [0, 0.05) is 26.6 Å². The van der Waals surface area contributed by atoms with Crippen molar-refractivity contribution in [2.45, 2.75) is 19.3 Å². The molecule has 2 amide bonds. The molecule has 0 aromatic heterocycles. The van der Waals surface area contributed by atoms with E-state index in [4.69, 9.17) is 9.47 Å². The number of carbonyl (C=O) groups excluding carboxylic acids is 2. The zero-order valence-corrected chi connectivity index (χ0v) is 24.9. The van der Waals surface area contributed by atoms with Gasteiger partial charge in [0.15, 0.2) is 0 Å². The average molecular weight is 694 g/mol. The van der Waals surface area contributed by atoms with E-state index >= 15 is 0 Å². The Kier molecular flexibility index (Phi) is 12.5. The first-order valence-electron chi connectivity index (χ1n) is 10.9. The molecule has 36 heavy (non-hydrogen) atoms. The molecule has 0 atom stereocenters. The fourth-order valence-corrected chi connectivity index (χ4v) is 5.31. The Balaban J connectivity index is 1.86. The van der Waals surface area contributed by atoms with Gasteiger partial charge in [0.05, 0.1) is 34.2 Å². The quantitative estimate of drug-likeness (QED) is 0.137. The van der Waals surface area contributed by atoms with Crippen LogP contribution in [0.3, 0.4) is 0 Å². The van der Waals surface area contributed by atoms with Crippen LogP contribution >= 0.6 is 47.8 Å². The van der Waals surface area contributed by atoms with Crippen LogP contribution in [-0.4, -0.2) is 68.8 Å². The molecular weight excluding hydrogens is 666 g/mol. The second-order valence-electron chi connectivity index (χ2n) is 7.68. The van der Waals surface area contributed by atoms with Crippen molar-refractivity contribution in [1.82, 2.24) is 10.2 Å². The molecule has 12 heteroatoms. The molecule has 196 valence electrons. The molecule has 0 aliphatic heterocycles. The Morgan fingerprint density at radius 2 is 1.72 bits per heavy atom. The minimum atomic E-state index is -0.445. The molecule has 0 heterocycles. The number of methoxy groups -OCH3 is 2. The molecule has 2 aromatic rings. The number of nitrogens with one attached hydrogen (secondary N) is 1. The summed E-state index contributed by atoms with van der Waals surface area (Å²) in [5, 5.41) is 15.3. The summed E-state index contributed by atoms with van der Waals surface area (Å²) < 4.78 is 18.0. The predicted octanol–water partition coefficient (Wildman–Crippen LogP) is 5.18. The van der Waals surface area contributed by atoms with E-state index in [1.54, 1.807) is 26.3 Å². The van der Waals surface area contributed by atoms with Gasteiger partial charge < -0.3 is 29.6 Å². The number of carbonyl (C=O) groups is 2. The average Bonchev–Trinajstić information content (AvgIpc) is 2.85. The number of ether oxygens (including phenoxy) is 3. The van der Waals surface area contributed by atoms with Gasteiger partial charge in [-0.1, -0.05) is 11.2 Å². The Labute approximate surface area is 235 Å². The fraction of sp³-hybridized carbons (Fsp3) is 0.375. The van der Waals surface area contributed by atoms with E-state index in [-0.39, 0.29) is 18.2 Å². The standard InChI is InChI=1S/C24H28Br3N3O6/c1-30(24(32)35-3)9-4-10-36-22-18(26)12-16(13-19(22)27)7-8-28-23(31)20(29-33)14-15-5-6-21(34-2)17(25)11-15/h5-6,11-13,33H,4,7-10,14H2,1-3H3,(H,28,31)/b29-20-. The maximum Gasteiger partial charge on any atom is 0.409 e. The summed E-state index contributed by atoms with van der Waals surface area (Å²) in [5.74, 6) is 0.883. The number of rotatable bonds is 12. The molecule has 0 aliphatic rings. The molecule has 0 spiro atoms. The third-order valence-electron chi connectivity index (χ3n) is 5.10. The van der Waals surface area contributed by atoms with E-state index in [1.165, 1.54) is 12.0 Å². The van der Waals surface area contributed by atoms with Crippen molar-refractivity contribution < 1.29 is 29.0 Å². The van der Waals surface area contributed by atoms with Gasteiger partial charge in [0.2, 0.25) is 0 Å². The second-order valence-corrected chi connectivity index (χ2v) is 10.2. The minimum absolute atomic E-state index is 0.0102. The summed E-state index contributed by atoms with van der Waals surface area (Å²) in [5.41, 5.74) is 1.77. The lowest BCUT2D eigenvalue weighted by Gasteiger charge is -2.16. The largest absolute Gasteiger partial charge is 0.496 e. The van der Waals surface area contributed by atoms with E-state index in [0.29, 0.717) is 44.0 Å². The van der Waals surface area contributed by atoms with Gasteiger partial charge in [-0.3, -0.25) is 4.79 Å². The minimum Gasteiger partial charge on any atom is -0.496 e. The van der Waals surface area contributed by atoms with Crippen molar-refractivity contribution >= 4 is 65.5 Å². The lowest BCUT2D eigenvalue weighted by Crippen LogP contribution is -2.33. The van der Waals surface area contributed by atoms with Crippen LogP contribution in [0.15, 0.2) is 48.9 Å². The van der Waals surface area contributed by atoms with E-state index in [1.807, 2.05) is 18.2 Å². The monoisotopic (exact) mass is 691 g/mol. The Hall–Kier alpha value is -2.31. The lowest BCUT2D eigenvalue weighted by molar-refractivity contribution is -0.115. The van der Waals surface area contributed by atoms with Crippen LogP contribution in [0.1, 0.15) is 17.5 Å². The van der Waals surface area contributed by atoms with Crippen LogP contribution in [0.2, 0.25) is 0 Å². The van der Waals surface area contributed by atoms with E-state index in [9.17, 15) is 14.8 Å². The summed E-state index contributed by atoms with van der Waals surface area (Å²) in [4.78, 5) is 25.4. The SMILES string of the molecule is COC(=O)N(C)CCCOc1c(Br)cc(CCNC(=O)/C(Cc2ccc(OC)c(Br)c2)=N\O)cc1Br. The molecule has 0 radical (unpaired) electrons. The highest BCUT2D eigenvalue weighted by molar-refractivity contribution is 9.11. The molecule has 0 bridgehead atoms. The number of benzene rings is 2. The normalized spacial score (nSPS) is 11.1. The molecule has 0 aliphatic carbocycles. The molecule has 2 N–H and O–H groups in total. The zero-order valence-electron chi connectivity index (χ0n) is 20.1. The smallest absolute Gasteiger partial charge is 0.409 e. The Morgan fingerprint density at radius 1 is 1.06 bits per heavy atom. The van der Waals surface area contributed by atoms with E-state index in [0.717, 1.165) is 24.5 Å². The fourth-order valence-electron chi connectivity index (χ4n) is 3.21. The van der Waals surface area contributed by atoms with Crippen molar-refractivity contribution in [3.63, 3.8) is 0 Å². The van der Waals surface area contributed by atoms with Gasteiger partial charge in [0.1, 0.15) is 17.2 Å². The summed E-state index contributed by atoms with van der Waals surface area (Å²) in [7, 11) is 4.58. The Bertz CT molecular complexity index is 1070. The first-order chi connectivity index (χ1) is 17.2. The van der Waals surface area contributed by atoms with Crippen LogP contribution in [0.25, 0.3) is 0 Å². The van der Waals surface area contributed by atoms with Gasteiger partial charge in [-0.15, -0.1) is 0 Å². The molecule has 0 saturated heterocycles. The third-order valence-corrected chi connectivity index (χ3v) is 6.90. The summed E-state index contributed by atoms with van der Waals surface area (Å²) >= 11 is 10.5. The predicted molar refractivity (Wildman–Crippen MR) is 147 cm³/mol. The highest BCUT2D eigenvalue weighted by Crippen LogP contribution is 2.35. The molecule has 2 aromatic carbocycles. The number of nitrogens with zero attached hydrogens (tertiary/aromatic N) is 2. The maximum atomic E-state index is 12.5. The van der Waals surface area contributed by atoms with Crippen molar-refractivity contribution in [3.8, 4) is 11.5 Å². The van der Waals surface area contributed by atoms with Crippen LogP contribution in [0.4, 0.5) is 4.79 Å². The molecule has 0 saturated carbocycles. The Morgan fingerprint density at radius 3 is 2.31 bits per heavy atom. The topological polar surface area (TPSA) is 110 Å². The highest BCUT2D eigenvalue weighted by atomic mass is 79.9. The third kappa shape index (κ3) is 8.97. The lowest BCUT2D eigenvalue weighted by atomic mass is 10.1. The van der Waals surface area contributed by atoms with Gasteiger partial charge in [-0.2, -0.15) is 0 Å². The van der Waals surface area contributed by atoms with Crippen LogP contribution in [-0.2, 0) is 22.4 Å². The molecule has 0 unspecified atom stereocenters. The van der Waals surface area contributed by atoms with Gasteiger partial charge in [-0.05, 0) is 96.0 Å². The first kappa shape index (κ1) is 29.9. The van der Waals surface area contributed by atoms with Crippen molar-refractivity contribution in [1.29, 1.82) is 0 Å². The van der Waals surface area contributed by atoms with Crippen LogP contribution < -0.4 is 14.8 Å². The summed E-state index contributed by atoms with van der Waals surface area (Å²) in [6, 6.07) is 9.23. The van der Waals surface area contributed by atoms with Crippen molar-refractivity contribution in [3.05, 3.63) is 54.9 Å². The maximum absolute atomic E-state index is 12.5. The van der Waals surface area contributed by atoms with Crippen molar-refractivity contribution in [2.75, 3.05) is 41.0 Å². The van der Waals surface area contributed by atoms with Gasteiger partial charge >= 0.3 is 6.09 Å². The van der Waals surface area contributed by atoms with Crippen LogP contribution in [0, 0.1) is 0 Å². The number of halogens is 3. The van der Waals surface area contributed by atoms with Crippen LogP contribution in [0.5, 0.6) is 11.5 Å². The summed E-state index contributed by atoms with van der Waals surface area (Å²) in [6.07, 6.45) is 0.976. The molecular formula is C24H28Br3N3O6. The van der Waals surface area contributed by atoms with Crippen molar-refractivity contribution in [2.24, 2.45) is 5.16 Å². The van der Waals surface area contributed by atoms with E-state index in [2.05, 4.69) is 63.0 Å². The first-order valence-corrected chi connectivity index (χ1v) is 13.3. The number of amides is 2. The number of hydrogen-bond donors (Lipinski definition) is 2. The molecule has 9 nitrogen and oxygen atoms in total. The number of oxime groups is 1. The highest BCUT2D eigenvalue weighted by Gasteiger charge is 2.15. The van der Waals surface area contributed by atoms with E-state index < -0.39 is 5.91 Å².